The van der Waals surface area contributed by atoms with Gasteiger partial charge in [-0.3, -0.25) is 10.1 Å². The normalized spacial score (nSPS) is 22.0. The van der Waals surface area contributed by atoms with Crippen molar-refractivity contribution in [2.24, 2.45) is 18.9 Å². The summed E-state index contributed by atoms with van der Waals surface area (Å²) in [4.78, 5) is 32.8. The number of imidazole rings is 1. The highest BCUT2D eigenvalue weighted by Crippen LogP contribution is 2.38. The van der Waals surface area contributed by atoms with Gasteiger partial charge in [-0.25, -0.2) is 23.8 Å². The molecule has 1 aliphatic heterocycles. The van der Waals surface area contributed by atoms with Crippen molar-refractivity contribution in [3.8, 4) is 22.8 Å². The molecule has 6 rings (SSSR count). The molecule has 2 fully saturated rings. The van der Waals surface area contributed by atoms with Crippen molar-refractivity contribution in [3.05, 3.63) is 40.0 Å². The molecular formula is C27H32ClFN8O. The van der Waals surface area contributed by atoms with Gasteiger partial charge in [0.1, 0.15) is 12.4 Å². The molecule has 0 amide bonds. The first-order valence-electron chi connectivity index (χ1n) is 13.4. The van der Waals surface area contributed by atoms with Crippen molar-refractivity contribution in [2.75, 3.05) is 18.1 Å². The van der Waals surface area contributed by atoms with E-state index in [1.54, 1.807) is 19.4 Å². The van der Waals surface area contributed by atoms with Gasteiger partial charge < -0.3 is 9.47 Å². The summed E-state index contributed by atoms with van der Waals surface area (Å²) in [5.41, 5.74) is 3.10. The molecule has 1 N–H and O–H groups in total. The average Bonchev–Trinajstić information content (AvgIpc) is 3.62. The Bertz CT molecular complexity index is 1520. The van der Waals surface area contributed by atoms with Crippen LogP contribution in [0, 0.1) is 11.8 Å². The lowest BCUT2D eigenvalue weighted by molar-refractivity contribution is 0.266. The molecule has 0 bridgehead atoms. The van der Waals surface area contributed by atoms with E-state index >= 15 is 0 Å². The maximum absolute atomic E-state index is 14.1. The monoisotopic (exact) mass is 538 g/mol. The van der Waals surface area contributed by atoms with Crippen LogP contribution in [0.1, 0.15) is 45.4 Å². The fourth-order valence-corrected chi connectivity index (χ4v) is 6.12. The first-order valence-corrected chi connectivity index (χ1v) is 13.8. The van der Waals surface area contributed by atoms with Gasteiger partial charge in [-0.2, -0.15) is 4.98 Å². The van der Waals surface area contributed by atoms with Crippen LogP contribution < -0.4 is 10.6 Å². The molecular weight excluding hydrogens is 507 g/mol. The molecule has 2 aliphatic rings. The van der Waals surface area contributed by atoms with E-state index in [2.05, 4.69) is 31.5 Å². The summed E-state index contributed by atoms with van der Waals surface area (Å²) >= 11 is 6.36. The highest BCUT2D eigenvalue weighted by molar-refractivity contribution is 6.30. The van der Waals surface area contributed by atoms with E-state index in [9.17, 15) is 9.18 Å². The first-order chi connectivity index (χ1) is 18.4. The number of nitrogens with zero attached hydrogens (tertiary/aromatic N) is 7. The second kappa shape index (κ2) is 10.1. The fraction of sp³-hybridized carbons (Fsp3) is 0.519. The molecule has 0 radical (unpaired) electrons. The van der Waals surface area contributed by atoms with E-state index in [0.717, 1.165) is 67.2 Å². The van der Waals surface area contributed by atoms with Crippen molar-refractivity contribution in [1.82, 2.24) is 34.3 Å². The van der Waals surface area contributed by atoms with Gasteiger partial charge in [0.05, 0.1) is 27.8 Å². The SMILES string of the molecule is CC1CCC(Cn2c(N3CCC[C@H]3CF)nc3cc(-c4nc(=O)n(C)[nH]4)nc(-c4cncc(Cl)c4)c32)CC1. The summed E-state index contributed by atoms with van der Waals surface area (Å²) in [5.74, 6) is 2.39. The van der Waals surface area contributed by atoms with Crippen LogP contribution in [0.3, 0.4) is 0 Å². The minimum absolute atomic E-state index is 0.187. The first kappa shape index (κ1) is 25.0. The summed E-state index contributed by atoms with van der Waals surface area (Å²) < 4.78 is 17.6. The zero-order valence-corrected chi connectivity index (χ0v) is 22.5. The molecule has 38 heavy (non-hydrogen) atoms. The number of fused-ring (bicyclic) bond motifs is 1. The maximum atomic E-state index is 14.1. The Morgan fingerprint density at radius 1 is 1.11 bits per heavy atom. The number of pyridine rings is 2. The summed E-state index contributed by atoms with van der Waals surface area (Å²) in [5, 5.41) is 3.47. The van der Waals surface area contributed by atoms with Crippen molar-refractivity contribution in [1.29, 1.82) is 0 Å². The minimum atomic E-state index is -0.409. The van der Waals surface area contributed by atoms with Crippen LogP contribution in [-0.2, 0) is 13.6 Å². The molecule has 5 heterocycles. The number of nitrogens with one attached hydrogen (secondary N) is 1. The predicted octanol–water partition coefficient (Wildman–Crippen LogP) is 5.00. The lowest BCUT2D eigenvalue weighted by Crippen LogP contribution is -2.33. The van der Waals surface area contributed by atoms with Crippen LogP contribution in [0.15, 0.2) is 29.3 Å². The average molecular weight is 539 g/mol. The number of aryl methyl sites for hydroxylation is 1. The van der Waals surface area contributed by atoms with E-state index in [-0.39, 0.29) is 6.04 Å². The maximum Gasteiger partial charge on any atom is 0.364 e. The molecule has 0 spiro atoms. The molecule has 200 valence electrons. The van der Waals surface area contributed by atoms with Gasteiger partial charge >= 0.3 is 5.69 Å². The Morgan fingerprint density at radius 3 is 2.63 bits per heavy atom. The number of hydrogen-bond acceptors (Lipinski definition) is 6. The zero-order valence-electron chi connectivity index (χ0n) is 21.7. The molecule has 11 heteroatoms. The number of aromatic nitrogens is 7. The second-order valence-corrected chi connectivity index (χ2v) is 11.3. The topological polar surface area (TPSA) is 97.5 Å². The Kier molecular flexibility index (Phi) is 6.67. The number of H-pyrrole nitrogens is 1. The van der Waals surface area contributed by atoms with E-state index in [0.29, 0.717) is 28.2 Å². The smallest absolute Gasteiger partial charge is 0.337 e. The number of hydrogen-bond donors (Lipinski definition) is 1. The largest absolute Gasteiger partial charge is 0.364 e. The van der Waals surface area contributed by atoms with E-state index < -0.39 is 12.4 Å². The Balaban J connectivity index is 1.58. The molecule has 1 aliphatic carbocycles. The van der Waals surface area contributed by atoms with E-state index in [1.165, 1.54) is 17.5 Å². The summed E-state index contributed by atoms with van der Waals surface area (Å²) in [6.07, 6.45) is 9.80. The van der Waals surface area contributed by atoms with Crippen LogP contribution >= 0.6 is 11.6 Å². The number of alkyl halides is 1. The Labute approximate surface area is 225 Å². The third kappa shape index (κ3) is 4.59. The summed E-state index contributed by atoms with van der Waals surface area (Å²) in [7, 11) is 1.61. The number of halogens is 2. The third-order valence-corrected chi connectivity index (χ3v) is 8.29. The van der Waals surface area contributed by atoms with Gasteiger partial charge in [0.25, 0.3) is 0 Å². The Hall–Kier alpha value is -3.27. The van der Waals surface area contributed by atoms with Crippen molar-refractivity contribution in [3.63, 3.8) is 0 Å². The molecule has 4 aromatic heterocycles. The van der Waals surface area contributed by atoms with Crippen LogP contribution in [-0.4, -0.2) is 53.5 Å². The van der Waals surface area contributed by atoms with E-state index in [4.69, 9.17) is 21.6 Å². The second-order valence-electron chi connectivity index (χ2n) is 10.8. The minimum Gasteiger partial charge on any atom is -0.337 e. The molecule has 0 aromatic carbocycles. The standard InChI is InChI=1S/C27H32ClFN8O/c1-16-5-7-17(8-6-16)15-37-24-21(32-26(37)36-9-3-4-20(36)12-29)11-22(25-33-27(38)35(2)34-25)31-23(24)18-10-19(28)14-30-13-18/h10-11,13-14,16-17,20H,3-9,12,15H2,1-2H3,(H,33,34,38)/t16?,17?,20-/m0/s1. The van der Waals surface area contributed by atoms with Gasteiger partial charge in [0, 0.05) is 38.1 Å². The molecule has 9 nitrogen and oxygen atoms in total. The molecule has 4 aromatic rings. The molecule has 0 unspecified atom stereocenters. The lowest BCUT2D eigenvalue weighted by atomic mass is 9.83. The van der Waals surface area contributed by atoms with Crippen LogP contribution in [0.5, 0.6) is 0 Å². The zero-order chi connectivity index (χ0) is 26.4. The number of aromatic amines is 1. The van der Waals surface area contributed by atoms with Gasteiger partial charge in [-0.1, -0.05) is 31.4 Å². The highest BCUT2D eigenvalue weighted by Gasteiger charge is 2.32. The highest BCUT2D eigenvalue weighted by atomic mass is 35.5. The van der Waals surface area contributed by atoms with E-state index in [1.807, 2.05) is 12.1 Å². The molecule has 1 saturated carbocycles. The quantitative estimate of drug-likeness (QED) is 0.371. The van der Waals surface area contributed by atoms with Crippen LogP contribution in [0.2, 0.25) is 5.02 Å². The van der Waals surface area contributed by atoms with Gasteiger partial charge in [-0.15, -0.1) is 0 Å². The third-order valence-electron chi connectivity index (χ3n) is 8.08. The van der Waals surface area contributed by atoms with Gasteiger partial charge in [0.15, 0.2) is 5.82 Å². The molecule has 1 saturated heterocycles. The van der Waals surface area contributed by atoms with Gasteiger partial charge in [0.2, 0.25) is 5.95 Å². The summed E-state index contributed by atoms with van der Waals surface area (Å²) in [6, 6.07) is 3.51. The summed E-state index contributed by atoms with van der Waals surface area (Å²) in [6.45, 7) is 3.47. The number of rotatable bonds is 6. The Morgan fingerprint density at radius 2 is 1.92 bits per heavy atom. The predicted molar refractivity (Wildman–Crippen MR) is 146 cm³/mol. The van der Waals surface area contributed by atoms with Crippen molar-refractivity contribution >= 4 is 28.6 Å². The molecule has 1 atom stereocenters. The lowest BCUT2D eigenvalue weighted by Gasteiger charge is -2.29. The van der Waals surface area contributed by atoms with Crippen molar-refractivity contribution < 1.29 is 4.39 Å². The number of anilines is 1. The van der Waals surface area contributed by atoms with Crippen LogP contribution in [0.4, 0.5) is 10.3 Å². The van der Waals surface area contributed by atoms with Crippen molar-refractivity contribution in [2.45, 2.75) is 58.0 Å². The van der Waals surface area contributed by atoms with Gasteiger partial charge in [-0.05, 0) is 49.7 Å². The fourth-order valence-electron chi connectivity index (χ4n) is 5.95. The van der Waals surface area contributed by atoms with Crippen LogP contribution in [0.25, 0.3) is 33.8 Å².